The number of hydrogen-bond donors (Lipinski definition) is 2. The van der Waals surface area contributed by atoms with Gasteiger partial charge in [0.05, 0.1) is 0 Å². The van der Waals surface area contributed by atoms with Crippen LogP contribution in [0.5, 0.6) is 0 Å². The van der Waals surface area contributed by atoms with E-state index < -0.39 is 0 Å². The van der Waals surface area contributed by atoms with E-state index in [1.165, 1.54) is 11.1 Å². The summed E-state index contributed by atoms with van der Waals surface area (Å²) in [6.45, 7) is 10.1. The summed E-state index contributed by atoms with van der Waals surface area (Å²) in [6, 6.07) is 9.01. The number of benzene rings is 1. The van der Waals surface area contributed by atoms with E-state index in [1.54, 1.807) is 0 Å². The minimum atomic E-state index is 0.404. The number of guanidine groups is 1. The first kappa shape index (κ1) is 14.6. The van der Waals surface area contributed by atoms with Crippen LogP contribution in [-0.2, 0) is 6.42 Å². The summed E-state index contributed by atoms with van der Waals surface area (Å²) in [7, 11) is 0. The topological polar surface area (TPSA) is 36.4 Å². The fourth-order valence-corrected chi connectivity index (χ4v) is 1.76. The zero-order valence-corrected chi connectivity index (χ0v) is 12.0. The van der Waals surface area contributed by atoms with E-state index >= 15 is 0 Å². The van der Waals surface area contributed by atoms with Gasteiger partial charge in [-0.2, -0.15) is 0 Å². The number of nitrogens with one attached hydrogen (secondary N) is 2. The Kier molecular flexibility index (Phi) is 6.26. The summed E-state index contributed by atoms with van der Waals surface area (Å²) >= 11 is 0. The molecule has 0 aromatic heterocycles. The van der Waals surface area contributed by atoms with Crippen molar-refractivity contribution in [3.05, 3.63) is 35.4 Å². The Morgan fingerprint density at radius 1 is 1.33 bits per heavy atom. The second-order valence-corrected chi connectivity index (χ2v) is 4.80. The molecule has 0 unspecified atom stereocenters. The average Bonchev–Trinajstić information content (AvgIpc) is 2.28. The van der Waals surface area contributed by atoms with Crippen molar-refractivity contribution in [2.75, 3.05) is 13.1 Å². The minimum Gasteiger partial charge on any atom is -0.357 e. The number of hydrogen-bond acceptors (Lipinski definition) is 1. The summed E-state index contributed by atoms with van der Waals surface area (Å²) < 4.78 is 0. The van der Waals surface area contributed by atoms with E-state index in [0.717, 1.165) is 25.5 Å². The third kappa shape index (κ3) is 5.71. The van der Waals surface area contributed by atoms with Crippen LogP contribution in [0, 0.1) is 6.92 Å². The Morgan fingerprint density at radius 3 is 2.72 bits per heavy atom. The van der Waals surface area contributed by atoms with E-state index in [1.807, 2.05) is 0 Å². The molecule has 0 heterocycles. The molecule has 0 amide bonds. The van der Waals surface area contributed by atoms with Crippen LogP contribution in [0.2, 0.25) is 0 Å². The van der Waals surface area contributed by atoms with Gasteiger partial charge in [0.15, 0.2) is 5.96 Å². The van der Waals surface area contributed by atoms with Gasteiger partial charge in [-0.25, -0.2) is 0 Å². The van der Waals surface area contributed by atoms with Crippen molar-refractivity contribution in [1.29, 1.82) is 0 Å². The zero-order chi connectivity index (χ0) is 13.4. The van der Waals surface area contributed by atoms with Crippen LogP contribution in [0.25, 0.3) is 0 Å². The highest BCUT2D eigenvalue weighted by Crippen LogP contribution is 2.04. The van der Waals surface area contributed by atoms with E-state index in [2.05, 4.69) is 67.6 Å². The molecule has 2 N–H and O–H groups in total. The zero-order valence-electron chi connectivity index (χ0n) is 12.0. The Labute approximate surface area is 111 Å². The molecule has 3 nitrogen and oxygen atoms in total. The maximum atomic E-state index is 4.57. The highest BCUT2D eigenvalue weighted by atomic mass is 15.2. The maximum absolute atomic E-state index is 4.57. The highest BCUT2D eigenvalue weighted by molar-refractivity contribution is 5.79. The SMILES string of the molecule is CCNC(=NCCc1cccc(C)c1)NC(C)C. The van der Waals surface area contributed by atoms with Crippen molar-refractivity contribution in [3.63, 3.8) is 0 Å². The lowest BCUT2D eigenvalue weighted by atomic mass is 10.1. The molecule has 1 aromatic carbocycles. The fraction of sp³-hybridized carbons (Fsp3) is 0.533. The van der Waals surface area contributed by atoms with Gasteiger partial charge in [0.2, 0.25) is 0 Å². The second-order valence-electron chi connectivity index (χ2n) is 4.80. The molecule has 3 heteroatoms. The van der Waals surface area contributed by atoms with E-state index in [9.17, 15) is 0 Å². The number of aryl methyl sites for hydroxylation is 1. The van der Waals surface area contributed by atoms with Crippen molar-refractivity contribution >= 4 is 5.96 Å². The lowest BCUT2D eigenvalue weighted by Gasteiger charge is -2.13. The summed E-state index contributed by atoms with van der Waals surface area (Å²) in [5, 5.41) is 6.57. The van der Waals surface area contributed by atoms with Crippen LogP contribution in [0.1, 0.15) is 31.9 Å². The Bertz CT molecular complexity index is 383. The molecule has 0 atom stereocenters. The molecule has 0 fully saturated rings. The first-order chi connectivity index (χ1) is 8.61. The Balaban J connectivity index is 2.50. The molecular weight excluding hydrogens is 222 g/mol. The van der Waals surface area contributed by atoms with Crippen LogP contribution >= 0.6 is 0 Å². The Hall–Kier alpha value is -1.51. The van der Waals surface area contributed by atoms with E-state index in [-0.39, 0.29) is 0 Å². The number of rotatable bonds is 5. The fourth-order valence-electron chi connectivity index (χ4n) is 1.76. The minimum absolute atomic E-state index is 0.404. The number of aliphatic imine (C=N–C) groups is 1. The third-order valence-electron chi connectivity index (χ3n) is 2.52. The summed E-state index contributed by atoms with van der Waals surface area (Å²) in [5.41, 5.74) is 2.66. The summed E-state index contributed by atoms with van der Waals surface area (Å²) in [6.07, 6.45) is 0.982. The maximum Gasteiger partial charge on any atom is 0.191 e. The molecule has 1 aromatic rings. The van der Waals surface area contributed by atoms with Crippen LogP contribution in [0.4, 0.5) is 0 Å². The van der Waals surface area contributed by atoms with Crippen molar-refractivity contribution in [3.8, 4) is 0 Å². The molecule has 0 bridgehead atoms. The molecule has 0 saturated carbocycles. The van der Waals surface area contributed by atoms with Crippen molar-refractivity contribution in [2.24, 2.45) is 4.99 Å². The standard InChI is InChI=1S/C15H25N3/c1-5-16-15(18-12(2)3)17-10-9-14-8-6-7-13(4)11-14/h6-8,11-12H,5,9-10H2,1-4H3,(H2,16,17,18). The summed E-state index contributed by atoms with van der Waals surface area (Å²) in [4.78, 5) is 4.57. The molecule has 100 valence electrons. The van der Waals surface area contributed by atoms with Crippen molar-refractivity contribution < 1.29 is 0 Å². The predicted molar refractivity (Wildman–Crippen MR) is 79.1 cm³/mol. The van der Waals surface area contributed by atoms with Crippen LogP contribution in [0.15, 0.2) is 29.3 Å². The van der Waals surface area contributed by atoms with E-state index in [4.69, 9.17) is 0 Å². The average molecular weight is 247 g/mol. The van der Waals surface area contributed by atoms with Gasteiger partial charge in [0.1, 0.15) is 0 Å². The largest absolute Gasteiger partial charge is 0.357 e. The normalized spacial score (nSPS) is 11.7. The molecule has 0 aliphatic rings. The molecule has 0 aliphatic carbocycles. The van der Waals surface area contributed by atoms with Gasteiger partial charge in [-0.15, -0.1) is 0 Å². The lowest BCUT2D eigenvalue weighted by Crippen LogP contribution is -2.41. The monoisotopic (exact) mass is 247 g/mol. The Morgan fingerprint density at radius 2 is 2.11 bits per heavy atom. The van der Waals surface area contributed by atoms with E-state index in [0.29, 0.717) is 6.04 Å². The molecule has 0 saturated heterocycles. The van der Waals surface area contributed by atoms with Gasteiger partial charge in [-0.1, -0.05) is 29.8 Å². The van der Waals surface area contributed by atoms with Gasteiger partial charge in [-0.3, -0.25) is 4.99 Å². The molecule has 0 aliphatic heterocycles. The summed E-state index contributed by atoms with van der Waals surface area (Å²) in [5.74, 6) is 0.903. The first-order valence-corrected chi connectivity index (χ1v) is 6.72. The van der Waals surface area contributed by atoms with Gasteiger partial charge in [-0.05, 0) is 39.7 Å². The quantitative estimate of drug-likeness (QED) is 0.619. The second kappa shape index (κ2) is 7.75. The van der Waals surface area contributed by atoms with Crippen LogP contribution < -0.4 is 10.6 Å². The molecule has 1 rings (SSSR count). The van der Waals surface area contributed by atoms with Gasteiger partial charge in [0, 0.05) is 19.1 Å². The number of nitrogens with zero attached hydrogens (tertiary/aromatic N) is 1. The lowest BCUT2D eigenvalue weighted by molar-refractivity contribution is 0.700. The molecule has 18 heavy (non-hydrogen) atoms. The van der Waals surface area contributed by atoms with Crippen molar-refractivity contribution in [2.45, 2.75) is 40.2 Å². The van der Waals surface area contributed by atoms with Crippen molar-refractivity contribution in [1.82, 2.24) is 10.6 Å². The van der Waals surface area contributed by atoms with Crippen LogP contribution in [-0.4, -0.2) is 25.1 Å². The van der Waals surface area contributed by atoms with Gasteiger partial charge in [0.25, 0.3) is 0 Å². The molecule has 0 spiro atoms. The van der Waals surface area contributed by atoms with Gasteiger partial charge >= 0.3 is 0 Å². The highest BCUT2D eigenvalue weighted by Gasteiger charge is 1.99. The molecular formula is C15H25N3. The molecule has 0 radical (unpaired) electrons. The van der Waals surface area contributed by atoms with Crippen LogP contribution in [0.3, 0.4) is 0 Å². The predicted octanol–water partition coefficient (Wildman–Crippen LogP) is 2.50. The third-order valence-corrected chi connectivity index (χ3v) is 2.52. The smallest absolute Gasteiger partial charge is 0.191 e. The van der Waals surface area contributed by atoms with Gasteiger partial charge < -0.3 is 10.6 Å². The first-order valence-electron chi connectivity index (χ1n) is 6.72.